The van der Waals surface area contributed by atoms with Crippen LogP contribution in [0.1, 0.15) is 57.6 Å². The second kappa shape index (κ2) is 9.84. The highest BCUT2D eigenvalue weighted by Gasteiger charge is 2.18. The molecule has 0 fully saturated rings. The molecule has 156 valence electrons. The van der Waals surface area contributed by atoms with Crippen LogP contribution in [-0.2, 0) is 6.42 Å². The van der Waals surface area contributed by atoms with Gasteiger partial charge in [0, 0.05) is 22.2 Å². The fraction of sp³-hybridized carbons (Fsp3) is 0.440. The number of aromatic amines is 1. The molecule has 2 aromatic carbocycles. The molecule has 0 aliphatic carbocycles. The summed E-state index contributed by atoms with van der Waals surface area (Å²) in [5.41, 5.74) is 12.0. The van der Waals surface area contributed by atoms with Crippen molar-refractivity contribution in [3.05, 3.63) is 47.5 Å². The maximum atomic E-state index is 5.87. The summed E-state index contributed by atoms with van der Waals surface area (Å²) in [5.74, 6) is 2.05. The lowest BCUT2D eigenvalue weighted by Crippen LogP contribution is -2.00. The summed E-state index contributed by atoms with van der Waals surface area (Å²) in [4.78, 5) is 3.75. The van der Waals surface area contributed by atoms with Gasteiger partial charge in [0.15, 0.2) is 11.5 Å². The normalized spacial score (nSPS) is 11.4. The van der Waals surface area contributed by atoms with Gasteiger partial charge in [-0.1, -0.05) is 32.0 Å². The average molecular weight is 395 g/mol. The molecule has 1 heterocycles. The summed E-state index contributed by atoms with van der Waals surface area (Å²) >= 11 is 0. The third-order valence-electron chi connectivity index (χ3n) is 5.31. The van der Waals surface area contributed by atoms with E-state index in [2.05, 4.69) is 49.2 Å². The maximum Gasteiger partial charge on any atom is 0.161 e. The Hall–Kier alpha value is -2.46. The lowest BCUT2D eigenvalue weighted by atomic mass is 9.96. The third kappa shape index (κ3) is 4.59. The Morgan fingerprint density at radius 3 is 2.41 bits per heavy atom. The van der Waals surface area contributed by atoms with Gasteiger partial charge >= 0.3 is 0 Å². The molecular weight excluding hydrogens is 360 g/mol. The molecule has 3 aromatic rings. The van der Waals surface area contributed by atoms with E-state index in [-0.39, 0.29) is 0 Å². The number of aryl methyl sites for hydroxylation is 1. The molecule has 0 atom stereocenters. The van der Waals surface area contributed by atoms with Gasteiger partial charge in [0.2, 0.25) is 0 Å². The van der Waals surface area contributed by atoms with Gasteiger partial charge in [-0.3, -0.25) is 0 Å². The maximum absolute atomic E-state index is 5.87. The Bertz CT molecular complexity index is 943. The Kier molecular flexibility index (Phi) is 7.21. The molecule has 0 unspecified atom stereocenters. The first kappa shape index (κ1) is 21.3. The summed E-state index contributed by atoms with van der Waals surface area (Å²) in [6.07, 6.45) is 3.12. The van der Waals surface area contributed by atoms with Crippen molar-refractivity contribution in [3.63, 3.8) is 0 Å². The molecule has 4 nitrogen and oxygen atoms in total. The zero-order chi connectivity index (χ0) is 20.8. The Morgan fingerprint density at radius 1 is 0.966 bits per heavy atom. The van der Waals surface area contributed by atoms with Crippen molar-refractivity contribution in [2.75, 3.05) is 19.8 Å². The minimum absolute atomic E-state index is 0.460. The van der Waals surface area contributed by atoms with Crippen LogP contribution in [0.15, 0.2) is 36.4 Å². The van der Waals surface area contributed by atoms with E-state index < -0.39 is 0 Å². The predicted molar refractivity (Wildman–Crippen MR) is 122 cm³/mol. The molecule has 0 saturated carbocycles. The van der Waals surface area contributed by atoms with Crippen LogP contribution >= 0.6 is 0 Å². The van der Waals surface area contributed by atoms with Gasteiger partial charge < -0.3 is 20.2 Å². The van der Waals surface area contributed by atoms with E-state index in [1.54, 1.807) is 0 Å². The van der Waals surface area contributed by atoms with Crippen molar-refractivity contribution in [2.24, 2.45) is 5.73 Å². The first-order valence-corrected chi connectivity index (χ1v) is 10.8. The summed E-state index contributed by atoms with van der Waals surface area (Å²) in [6.45, 7) is 10.4. The molecule has 3 rings (SSSR count). The topological polar surface area (TPSA) is 60.3 Å². The van der Waals surface area contributed by atoms with Gasteiger partial charge in [-0.25, -0.2) is 0 Å². The fourth-order valence-corrected chi connectivity index (χ4v) is 3.94. The van der Waals surface area contributed by atoms with Crippen molar-refractivity contribution in [3.8, 4) is 22.8 Å². The number of para-hydroxylation sites is 1. The molecular formula is C25H34N2O2. The molecule has 0 aliphatic rings. The van der Waals surface area contributed by atoms with Gasteiger partial charge in [-0.05, 0) is 74.9 Å². The standard InChI is InChI=1S/C25H34N2O2/c1-5-28-22-14-13-18(16-23(22)29-6-2)24-20(10-7-8-15-26)21-12-9-11-19(17(3)4)25(21)27-24/h9,11-14,16-17,27H,5-8,10,15,26H2,1-4H3. The second-order valence-electron chi connectivity index (χ2n) is 7.68. The van der Waals surface area contributed by atoms with Crippen LogP contribution in [0.4, 0.5) is 0 Å². The van der Waals surface area contributed by atoms with Gasteiger partial charge in [-0.2, -0.15) is 0 Å². The molecule has 29 heavy (non-hydrogen) atoms. The Balaban J connectivity index is 2.15. The van der Waals surface area contributed by atoms with E-state index >= 15 is 0 Å². The van der Waals surface area contributed by atoms with E-state index in [0.29, 0.717) is 19.1 Å². The largest absolute Gasteiger partial charge is 0.490 e. The third-order valence-corrected chi connectivity index (χ3v) is 5.31. The second-order valence-corrected chi connectivity index (χ2v) is 7.68. The summed E-state index contributed by atoms with van der Waals surface area (Å²) < 4.78 is 11.6. The van der Waals surface area contributed by atoms with Crippen molar-refractivity contribution >= 4 is 10.9 Å². The molecule has 0 saturated heterocycles. The van der Waals surface area contributed by atoms with Crippen molar-refractivity contribution in [1.82, 2.24) is 4.98 Å². The number of rotatable bonds is 10. The first-order chi connectivity index (χ1) is 14.1. The number of nitrogens with one attached hydrogen (secondary N) is 1. The SMILES string of the molecule is CCOc1ccc(-c2[nH]c3c(C(C)C)cccc3c2CCCCN)cc1OCC. The van der Waals surface area contributed by atoms with E-state index in [1.807, 2.05) is 19.9 Å². The van der Waals surface area contributed by atoms with Gasteiger partial charge in [0.05, 0.1) is 13.2 Å². The van der Waals surface area contributed by atoms with Crippen LogP contribution in [0, 0.1) is 0 Å². The van der Waals surface area contributed by atoms with Crippen LogP contribution < -0.4 is 15.2 Å². The van der Waals surface area contributed by atoms with E-state index in [0.717, 1.165) is 42.9 Å². The number of fused-ring (bicyclic) bond motifs is 1. The first-order valence-electron chi connectivity index (χ1n) is 10.8. The van der Waals surface area contributed by atoms with E-state index in [9.17, 15) is 0 Å². The number of unbranched alkanes of at least 4 members (excludes halogenated alkanes) is 1. The number of hydrogen-bond acceptors (Lipinski definition) is 3. The Labute approximate surface area is 174 Å². The molecule has 0 bridgehead atoms. The predicted octanol–water partition coefficient (Wildman–Crippen LogP) is 6.04. The van der Waals surface area contributed by atoms with E-state index in [4.69, 9.17) is 15.2 Å². The Morgan fingerprint density at radius 2 is 1.72 bits per heavy atom. The summed E-state index contributed by atoms with van der Waals surface area (Å²) in [6, 6.07) is 12.9. The van der Waals surface area contributed by atoms with Gasteiger partial charge in [-0.15, -0.1) is 0 Å². The molecule has 3 N–H and O–H groups in total. The van der Waals surface area contributed by atoms with Crippen molar-refractivity contribution in [2.45, 2.75) is 52.9 Å². The summed E-state index contributed by atoms with van der Waals surface area (Å²) in [5, 5.41) is 1.31. The zero-order valence-corrected chi connectivity index (χ0v) is 18.2. The van der Waals surface area contributed by atoms with Crippen molar-refractivity contribution in [1.29, 1.82) is 0 Å². The van der Waals surface area contributed by atoms with Crippen LogP contribution in [0.25, 0.3) is 22.2 Å². The minimum Gasteiger partial charge on any atom is -0.490 e. The zero-order valence-electron chi connectivity index (χ0n) is 18.2. The highest BCUT2D eigenvalue weighted by Crippen LogP contribution is 2.38. The van der Waals surface area contributed by atoms with Crippen LogP contribution in [-0.4, -0.2) is 24.7 Å². The number of hydrogen-bond donors (Lipinski definition) is 2. The summed E-state index contributed by atoms with van der Waals surface area (Å²) in [7, 11) is 0. The number of benzene rings is 2. The smallest absolute Gasteiger partial charge is 0.161 e. The van der Waals surface area contributed by atoms with E-state index in [1.165, 1.54) is 27.7 Å². The number of H-pyrrole nitrogens is 1. The molecule has 1 aromatic heterocycles. The number of nitrogens with two attached hydrogens (primary N) is 1. The number of ether oxygens (including phenoxy) is 2. The monoisotopic (exact) mass is 394 g/mol. The number of aromatic nitrogens is 1. The highest BCUT2D eigenvalue weighted by atomic mass is 16.5. The highest BCUT2D eigenvalue weighted by molar-refractivity contribution is 5.93. The quantitative estimate of drug-likeness (QED) is 0.412. The van der Waals surface area contributed by atoms with Crippen molar-refractivity contribution < 1.29 is 9.47 Å². The molecule has 0 amide bonds. The lowest BCUT2D eigenvalue weighted by Gasteiger charge is -2.13. The minimum atomic E-state index is 0.460. The average Bonchev–Trinajstić information content (AvgIpc) is 3.08. The molecule has 0 spiro atoms. The molecule has 0 radical (unpaired) electrons. The van der Waals surface area contributed by atoms with Crippen LogP contribution in [0.5, 0.6) is 11.5 Å². The van der Waals surface area contributed by atoms with Gasteiger partial charge in [0.25, 0.3) is 0 Å². The fourth-order valence-electron chi connectivity index (χ4n) is 3.94. The van der Waals surface area contributed by atoms with Crippen LogP contribution in [0.2, 0.25) is 0 Å². The molecule has 4 heteroatoms. The van der Waals surface area contributed by atoms with Gasteiger partial charge in [0.1, 0.15) is 0 Å². The lowest BCUT2D eigenvalue weighted by molar-refractivity contribution is 0.288. The van der Waals surface area contributed by atoms with Crippen LogP contribution in [0.3, 0.4) is 0 Å². The molecule has 0 aliphatic heterocycles.